The third kappa shape index (κ3) is 4.96. The molecule has 2 aromatic rings. The molecule has 0 aromatic heterocycles. The van der Waals surface area contributed by atoms with Gasteiger partial charge in [-0.25, -0.2) is 4.39 Å². The third-order valence-electron chi connectivity index (χ3n) is 6.15. The minimum Gasteiger partial charge on any atom is -0.492 e. The summed E-state index contributed by atoms with van der Waals surface area (Å²) in [5.41, 5.74) is 3.03. The first kappa shape index (κ1) is 22.3. The van der Waals surface area contributed by atoms with Gasteiger partial charge in [0, 0.05) is 12.1 Å². The molecule has 0 amide bonds. The zero-order chi connectivity index (χ0) is 22.7. The number of piperidine rings is 1. The molecule has 0 saturated carbocycles. The number of aliphatic carboxylic acids is 1. The monoisotopic (exact) mass is 439 g/mol. The highest BCUT2D eigenvalue weighted by molar-refractivity contribution is 5.87. The number of carbonyl (C=O) groups is 1. The standard InChI is InChI=1S/C26H30FNO4/c1-26(2,25(29)30)17-32-21-10-11-23-22(14-21)24(18-6-8-20(27)9-7-18)19(16-31-23)15-28-12-4-3-5-13-28/h6-11,14H,3-5,12-13,15-17H2,1-2H3,(H,29,30). The van der Waals surface area contributed by atoms with Crippen molar-refractivity contribution in [2.45, 2.75) is 33.1 Å². The molecule has 0 spiro atoms. The van der Waals surface area contributed by atoms with Crippen LogP contribution in [0.4, 0.5) is 4.39 Å². The average Bonchev–Trinajstić information content (AvgIpc) is 2.79. The van der Waals surface area contributed by atoms with Crippen molar-refractivity contribution in [3.8, 4) is 11.5 Å². The fourth-order valence-electron chi connectivity index (χ4n) is 4.16. The van der Waals surface area contributed by atoms with Gasteiger partial charge in [-0.1, -0.05) is 18.6 Å². The molecule has 170 valence electrons. The Morgan fingerprint density at radius 2 is 1.84 bits per heavy atom. The van der Waals surface area contributed by atoms with E-state index in [1.807, 2.05) is 12.1 Å². The van der Waals surface area contributed by atoms with E-state index in [9.17, 15) is 14.3 Å². The smallest absolute Gasteiger partial charge is 0.312 e. The van der Waals surface area contributed by atoms with Crippen LogP contribution in [-0.2, 0) is 4.79 Å². The van der Waals surface area contributed by atoms with Crippen molar-refractivity contribution in [2.75, 3.05) is 32.8 Å². The van der Waals surface area contributed by atoms with E-state index < -0.39 is 11.4 Å². The van der Waals surface area contributed by atoms with E-state index >= 15 is 0 Å². The Hall–Kier alpha value is -2.86. The minimum atomic E-state index is -0.999. The lowest BCUT2D eigenvalue weighted by molar-refractivity contribution is -0.148. The molecule has 0 aliphatic carbocycles. The predicted molar refractivity (Wildman–Crippen MR) is 122 cm³/mol. The normalized spacial score (nSPS) is 17.0. The summed E-state index contributed by atoms with van der Waals surface area (Å²) >= 11 is 0. The van der Waals surface area contributed by atoms with Gasteiger partial charge in [-0.2, -0.15) is 0 Å². The molecule has 0 unspecified atom stereocenters. The second-order valence-corrected chi connectivity index (χ2v) is 9.25. The lowest BCUT2D eigenvalue weighted by Gasteiger charge is -2.31. The number of hydrogen-bond donors (Lipinski definition) is 1. The first-order valence-corrected chi connectivity index (χ1v) is 11.2. The van der Waals surface area contributed by atoms with Gasteiger partial charge in [0.15, 0.2) is 0 Å². The van der Waals surface area contributed by atoms with Crippen LogP contribution in [0.25, 0.3) is 5.57 Å². The Morgan fingerprint density at radius 3 is 2.53 bits per heavy atom. The van der Waals surface area contributed by atoms with Gasteiger partial charge in [0.1, 0.15) is 30.5 Å². The number of nitrogens with zero attached hydrogens (tertiary/aromatic N) is 1. The van der Waals surface area contributed by atoms with E-state index in [0.29, 0.717) is 12.4 Å². The fourth-order valence-corrected chi connectivity index (χ4v) is 4.16. The number of benzene rings is 2. The Kier molecular flexibility index (Phi) is 6.51. The van der Waals surface area contributed by atoms with Gasteiger partial charge in [-0.3, -0.25) is 9.69 Å². The number of likely N-dealkylation sites (tertiary alicyclic amines) is 1. The fraction of sp³-hybridized carbons (Fsp3) is 0.423. The largest absolute Gasteiger partial charge is 0.492 e. The summed E-state index contributed by atoms with van der Waals surface area (Å²) in [6.45, 7) is 6.76. The topological polar surface area (TPSA) is 59.0 Å². The van der Waals surface area contributed by atoms with Gasteiger partial charge in [-0.05, 0) is 86.8 Å². The number of fused-ring (bicyclic) bond motifs is 1. The van der Waals surface area contributed by atoms with Gasteiger partial charge in [0.05, 0.1) is 5.41 Å². The summed E-state index contributed by atoms with van der Waals surface area (Å²) < 4.78 is 25.6. The molecule has 0 bridgehead atoms. The molecule has 6 heteroatoms. The van der Waals surface area contributed by atoms with E-state index in [2.05, 4.69) is 4.90 Å². The lowest BCUT2D eigenvalue weighted by atomic mass is 9.90. The van der Waals surface area contributed by atoms with E-state index in [1.165, 1.54) is 31.4 Å². The van der Waals surface area contributed by atoms with Crippen LogP contribution in [0.5, 0.6) is 11.5 Å². The summed E-state index contributed by atoms with van der Waals surface area (Å²) in [6.07, 6.45) is 3.68. The Balaban J connectivity index is 1.70. The number of ether oxygens (including phenoxy) is 2. The van der Waals surface area contributed by atoms with Crippen molar-refractivity contribution < 1.29 is 23.8 Å². The predicted octanol–water partition coefficient (Wildman–Crippen LogP) is 5.00. The summed E-state index contributed by atoms with van der Waals surface area (Å²) in [5.74, 6) is 0.152. The van der Waals surface area contributed by atoms with Crippen molar-refractivity contribution in [3.05, 3.63) is 65.0 Å². The van der Waals surface area contributed by atoms with E-state index in [0.717, 1.165) is 47.7 Å². The Bertz CT molecular complexity index is 1010. The number of halogens is 1. The first-order valence-electron chi connectivity index (χ1n) is 11.2. The van der Waals surface area contributed by atoms with Gasteiger partial charge in [0.25, 0.3) is 0 Å². The van der Waals surface area contributed by atoms with Gasteiger partial charge >= 0.3 is 5.97 Å². The first-order chi connectivity index (χ1) is 15.3. The van der Waals surface area contributed by atoms with Crippen LogP contribution < -0.4 is 9.47 Å². The molecule has 2 aliphatic heterocycles. The SMILES string of the molecule is CC(C)(COc1ccc2c(c1)C(c1ccc(F)cc1)=C(CN1CCCCC1)CO2)C(=O)O. The van der Waals surface area contributed by atoms with Crippen LogP contribution in [0, 0.1) is 11.2 Å². The van der Waals surface area contributed by atoms with Crippen LogP contribution in [-0.4, -0.2) is 48.8 Å². The Morgan fingerprint density at radius 1 is 1.12 bits per heavy atom. The molecule has 2 aliphatic rings. The number of hydrogen-bond acceptors (Lipinski definition) is 4. The van der Waals surface area contributed by atoms with Crippen molar-refractivity contribution in [1.82, 2.24) is 4.90 Å². The van der Waals surface area contributed by atoms with Crippen LogP contribution in [0.3, 0.4) is 0 Å². The van der Waals surface area contributed by atoms with Gasteiger partial charge in [-0.15, -0.1) is 0 Å². The molecule has 0 atom stereocenters. The maximum atomic E-state index is 13.6. The third-order valence-corrected chi connectivity index (χ3v) is 6.15. The summed E-state index contributed by atoms with van der Waals surface area (Å²) in [4.78, 5) is 13.9. The molecule has 2 aromatic carbocycles. The summed E-state index contributed by atoms with van der Waals surface area (Å²) in [5, 5.41) is 9.37. The second kappa shape index (κ2) is 9.33. The molecule has 5 nitrogen and oxygen atoms in total. The minimum absolute atomic E-state index is 0.0538. The molecule has 1 saturated heterocycles. The molecule has 4 rings (SSSR count). The summed E-state index contributed by atoms with van der Waals surface area (Å²) in [6, 6.07) is 12.1. The van der Waals surface area contributed by atoms with E-state index in [1.54, 1.807) is 32.0 Å². The van der Waals surface area contributed by atoms with E-state index in [4.69, 9.17) is 9.47 Å². The summed E-state index contributed by atoms with van der Waals surface area (Å²) in [7, 11) is 0. The zero-order valence-corrected chi connectivity index (χ0v) is 18.7. The van der Waals surface area contributed by atoms with Crippen molar-refractivity contribution in [1.29, 1.82) is 0 Å². The highest BCUT2D eigenvalue weighted by atomic mass is 19.1. The van der Waals surface area contributed by atoms with E-state index in [-0.39, 0.29) is 12.4 Å². The maximum Gasteiger partial charge on any atom is 0.312 e. The number of carboxylic acids is 1. The van der Waals surface area contributed by atoms with Crippen LogP contribution in [0.15, 0.2) is 48.0 Å². The van der Waals surface area contributed by atoms with Crippen molar-refractivity contribution in [3.63, 3.8) is 0 Å². The molecule has 2 heterocycles. The van der Waals surface area contributed by atoms with Gasteiger partial charge < -0.3 is 14.6 Å². The van der Waals surface area contributed by atoms with Crippen LogP contribution >= 0.6 is 0 Å². The highest BCUT2D eigenvalue weighted by Gasteiger charge is 2.29. The highest BCUT2D eigenvalue weighted by Crippen LogP contribution is 2.40. The quantitative estimate of drug-likeness (QED) is 0.658. The molecule has 1 N–H and O–H groups in total. The number of carboxylic acid groups (broad SMARTS) is 1. The molecular formula is C26H30FNO4. The van der Waals surface area contributed by atoms with Gasteiger partial charge in [0.2, 0.25) is 0 Å². The molecular weight excluding hydrogens is 409 g/mol. The Labute approximate surface area is 188 Å². The van der Waals surface area contributed by atoms with Crippen molar-refractivity contribution in [2.24, 2.45) is 5.41 Å². The lowest BCUT2D eigenvalue weighted by Crippen LogP contribution is -2.33. The molecule has 1 fully saturated rings. The van der Waals surface area contributed by atoms with Crippen molar-refractivity contribution >= 4 is 11.5 Å². The average molecular weight is 440 g/mol. The van der Waals surface area contributed by atoms with Crippen LogP contribution in [0.1, 0.15) is 44.2 Å². The zero-order valence-electron chi connectivity index (χ0n) is 18.7. The second-order valence-electron chi connectivity index (χ2n) is 9.25. The molecule has 0 radical (unpaired) electrons. The maximum absolute atomic E-state index is 13.6. The number of rotatable bonds is 7. The van der Waals surface area contributed by atoms with Crippen LogP contribution in [0.2, 0.25) is 0 Å². The molecule has 32 heavy (non-hydrogen) atoms.